The molecule has 1 amide bonds. The summed E-state index contributed by atoms with van der Waals surface area (Å²) in [6.07, 6.45) is 3.55. The molecule has 1 unspecified atom stereocenters. The number of nitrogens with one attached hydrogen (secondary N) is 1. The maximum atomic E-state index is 12.5. The maximum absolute atomic E-state index is 12.5. The number of carbonyl (C=O) groups is 1. The van der Waals surface area contributed by atoms with Gasteiger partial charge in [0.1, 0.15) is 0 Å². The number of carbonyl (C=O) groups excluding carboxylic acids is 1. The zero-order chi connectivity index (χ0) is 18.7. The van der Waals surface area contributed by atoms with E-state index in [0.717, 1.165) is 44.7 Å². The lowest BCUT2D eigenvalue weighted by molar-refractivity contribution is -0.117. The van der Waals surface area contributed by atoms with E-state index >= 15 is 0 Å². The Balaban J connectivity index is 1.51. The average molecular weight is 387 g/mol. The highest BCUT2D eigenvalue weighted by Gasteiger charge is 2.30. The van der Waals surface area contributed by atoms with Crippen LogP contribution in [-0.4, -0.2) is 68.6 Å². The minimum atomic E-state index is -4.61. The van der Waals surface area contributed by atoms with Crippen LogP contribution in [0, 0.1) is 0 Å². The van der Waals surface area contributed by atoms with Crippen LogP contribution in [0.15, 0.2) is 29.2 Å². The van der Waals surface area contributed by atoms with Gasteiger partial charge in [-0.3, -0.25) is 14.6 Å². The Morgan fingerprint density at radius 1 is 1.15 bits per heavy atom. The SMILES string of the molecule is O=C(CN1CCC(N2CCCC2)C1)Nc1ccc(S(=O)(=O)C(F)F)cc1. The first-order valence-corrected chi connectivity index (χ1v) is 10.3. The van der Waals surface area contributed by atoms with Gasteiger partial charge in [-0.25, -0.2) is 8.42 Å². The molecule has 2 heterocycles. The van der Waals surface area contributed by atoms with Gasteiger partial charge in [-0.05, 0) is 56.6 Å². The summed E-state index contributed by atoms with van der Waals surface area (Å²) in [6.45, 7) is 4.29. The second kappa shape index (κ2) is 7.98. The molecule has 0 saturated carbocycles. The topological polar surface area (TPSA) is 69.7 Å². The Morgan fingerprint density at radius 3 is 2.42 bits per heavy atom. The van der Waals surface area contributed by atoms with E-state index in [1.54, 1.807) is 0 Å². The molecule has 2 aliphatic heterocycles. The summed E-state index contributed by atoms with van der Waals surface area (Å²) in [5, 5.41) is 2.68. The highest BCUT2D eigenvalue weighted by molar-refractivity contribution is 7.91. The third-order valence-corrected chi connectivity index (χ3v) is 6.37. The normalized spacial score (nSPS) is 22.2. The van der Waals surface area contributed by atoms with Crippen molar-refractivity contribution < 1.29 is 22.0 Å². The molecule has 0 bridgehead atoms. The molecule has 2 aliphatic rings. The molecular weight excluding hydrogens is 364 g/mol. The number of rotatable bonds is 6. The van der Waals surface area contributed by atoms with Gasteiger partial charge in [-0.2, -0.15) is 8.78 Å². The lowest BCUT2D eigenvalue weighted by atomic mass is 10.2. The van der Waals surface area contributed by atoms with E-state index in [0.29, 0.717) is 11.7 Å². The van der Waals surface area contributed by atoms with Gasteiger partial charge in [0, 0.05) is 24.8 Å². The molecule has 1 aromatic rings. The minimum Gasteiger partial charge on any atom is -0.325 e. The summed E-state index contributed by atoms with van der Waals surface area (Å²) in [7, 11) is -4.61. The molecule has 1 atom stereocenters. The number of nitrogens with zero attached hydrogens (tertiary/aromatic N) is 2. The van der Waals surface area contributed by atoms with E-state index in [-0.39, 0.29) is 12.5 Å². The molecule has 0 radical (unpaired) electrons. The van der Waals surface area contributed by atoms with Crippen LogP contribution in [0.4, 0.5) is 14.5 Å². The van der Waals surface area contributed by atoms with Crippen LogP contribution in [0.5, 0.6) is 0 Å². The highest BCUT2D eigenvalue weighted by atomic mass is 32.2. The number of hydrogen-bond donors (Lipinski definition) is 1. The molecule has 3 rings (SSSR count). The van der Waals surface area contributed by atoms with Gasteiger partial charge in [0.25, 0.3) is 0 Å². The van der Waals surface area contributed by atoms with Crippen LogP contribution >= 0.6 is 0 Å². The molecule has 1 N–H and O–H groups in total. The third kappa shape index (κ3) is 4.39. The Bertz CT molecular complexity index is 734. The Labute approximate surface area is 152 Å². The first kappa shape index (κ1) is 19.2. The summed E-state index contributed by atoms with van der Waals surface area (Å²) in [4.78, 5) is 16.3. The third-order valence-electron chi connectivity index (χ3n) is 4.97. The molecule has 9 heteroatoms. The van der Waals surface area contributed by atoms with E-state index in [1.165, 1.54) is 25.0 Å². The van der Waals surface area contributed by atoms with Gasteiger partial charge in [0.2, 0.25) is 15.7 Å². The minimum absolute atomic E-state index is 0.198. The van der Waals surface area contributed by atoms with Gasteiger partial charge in [0.05, 0.1) is 11.4 Å². The highest BCUT2D eigenvalue weighted by Crippen LogP contribution is 2.22. The van der Waals surface area contributed by atoms with Crippen molar-refractivity contribution in [3.05, 3.63) is 24.3 Å². The molecule has 0 spiro atoms. The van der Waals surface area contributed by atoms with E-state index < -0.39 is 20.5 Å². The van der Waals surface area contributed by atoms with Crippen molar-refractivity contribution in [2.45, 2.75) is 36.0 Å². The first-order valence-electron chi connectivity index (χ1n) is 8.74. The van der Waals surface area contributed by atoms with Crippen LogP contribution in [0.1, 0.15) is 19.3 Å². The fourth-order valence-electron chi connectivity index (χ4n) is 3.60. The van der Waals surface area contributed by atoms with Crippen LogP contribution in [0.2, 0.25) is 0 Å². The number of hydrogen-bond acceptors (Lipinski definition) is 5. The first-order chi connectivity index (χ1) is 12.4. The Morgan fingerprint density at radius 2 is 1.81 bits per heavy atom. The standard InChI is InChI=1S/C17H23F2N3O3S/c18-17(19)26(24,25)15-5-3-13(4-6-15)20-16(23)12-21-10-7-14(11-21)22-8-1-2-9-22/h3-6,14,17H,1-2,7-12H2,(H,20,23). The van der Waals surface area contributed by atoms with Crippen LogP contribution in [0.3, 0.4) is 0 Å². The van der Waals surface area contributed by atoms with Gasteiger partial charge < -0.3 is 5.32 Å². The van der Waals surface area contributed by atoms with Crippen molar-refractivity contribution in [1.29, 1.82) is 0 Å². The largest absolute Gasteiger partial charge is 0.341 e. The van der Waals surface area contributed by atoms with Gasteiger partial charge in [-0.15, -0.1) is 0 Å². The van der Waals surface area contributed by atoms with Gasteiger partial charge in [-0.1, -0.05) is 0 Å². The zero-order valence-corrected chi connectivity index (χ0v) is 15.2. The van der Waals surface area contributed by atoms with Crippen molar-refractivity contribution >= 4 is 21.4 Å². The summed E-state index contributed by atoms with van der Waals surface area (Å²) in [5.41, 5.74) is 0.388. The molecule has 1 aromatic carbocycles. The van der Waals surface area contributed by atoms with Crippen LogP contribution < -0.4 is 5.32 Å². The van der Waals surface area contributed by atoms with E-state index in [4.69, 9.17) is 0 Å². The number of anilines is 1. The summed E-state index contributed by atoms with van der Waals surface area (Å²) in [5.74, 6) is -3.65. The number of likely N-dealkylation sites (tertiary alicyclic amines) is 2. The molecule has 2 saturated heterocycles. The Hall–Kier alpha value is -1.58. The maximum Gasteiger partial charge on any atom is 0.341 e. The van der Waals surface area contributed by atoms with Gasteiger partial charge in [0.15, 0.2) is 0 Å². The van der Waals surface area contributed by atoms with Crippen LogP contribution in [0.25, 0.3) is 0 Å². The number of sulfone groups is 1. The monoisotopic (exact) mass is 387 g/mol. The van der Waals surface area contributed by atoms with Crippen molar-refractivity contribution in [2.24, 2.45) is 0 Å². The summed E-state index contributed by atoms with van der Waals surface area (Å²) >= 11 is 0. The molecule has 26 heavy (non-hydrogen) atoms. The predicted molar refractivity (Wildman–Crippen MR) is 93.9 cm³/mol. The molecule has 2 fully saturated rings. The van der Waals surface area contributed by atoms with Gasteiger partial charge >= 0.3 is 5.76 Å². The second-order valence-electron chi connectivity index (χ2n) is 6.80. The number of halogens is 2. The van der Waals surface area contributed by atoms with E-state index in [1.807, 2.05) is 0 Å². The van der Waals surface area contributed by atoms with Crippen molar-refractivity contribution in [2.75, 3.05) is 38.0 Å². The second-order valence-corrected chi connectivity index (χ2v) is 8.72. The zero-order valence-electron chi connectivity index (χ0n) is 14.4. The fraction of sp³-hybridized carbons (Fsp3) is 0.588. The van der Waals surface area contributed by atoms with Crippen molar-refractivity contribution in [3.63, 3.8) is 0 Å². The molecule has 144 valence electrons. The van der Waals surface area contributed by atoms with E-state index in [2.05, 4.69) is 15.1 Å². The molecule has 0 aromatic heterocycles. The van der Waals surface area contributed by atoms with E-state index in [9.17, 15) is 22.0 Å². The fourth-order valence-corrected chi connectivity index (χ4v) is 4.32. The molecule has 0 aliphatic carbocycles. The Kier molecular flexibility index (Phi) is 5.89. The predicted octanol–water partition coefficient (Wildman–Crippen LogP) is 1.79. The quantitative estimate of drug-likeness (QED) is 0.806. The number of alkyl halides is 2. The summed E-state index contributed by atoms with van der Waals surface area (Å²) in [6, 6.07) is 5.32. The lowest BCUT2D eigenvalue weighted by Gasteiger charge is -2.23. The van der Waals surface area contributed by atoms with Crippen molar-refractivity contribution in [3.8, 4) is 0 Å². The lowest BCUT2D eigenvalue weighted by Crippen LogP contribution is -2.37. The smallest absolute Gasteiger partial charge is 0.325 e. The number of amides is 1. The van der Waals surface area contributed by atoms with Crippen molar-refractivity contribution in [1.82, 2.24) is 9.80 Å². The average Bonchev–Trinajstić information content (AvgIpc) is 3.26. The van der Waals surface area contributed by atoms with Crippen LogP contribution in [-0.2, 0) is 14.6 Å². The number of benzene rings is 1. The molecule has 6 nitrogen and oxygen atoms in total. The summed E-state index contributed by atoms with van der Waals surface area (Å²) < 4.78 is 47.8. The molecular formula is C17H23F2N3O3S.